The zero-order valence-electron chi connectivity index (χ0n) is 10.9. The Balaban J connectivity index is 1.82. The predicted molar refractivity (Wildman–Crippen MR) is 74.2 cm³/mol. The summed E-state index contributed by atoms with van der Waals surface area (Å²) >= 11 is 0. The highest BCUT2D eigenvalue weighted by Crippen LogP contribution is 2.23. The summed E-state index contributed by atoms with van der Waals surface area (Å²) in [6.07, 6.45) is 1.53. The van der Waals surface area contributed by atoms with Gasteiger partial charge in [-0.1, -0.05) is 48.0 Å². The van der Waals surface area contributed by atoms with Gasteiger partial charge in [-0.3, -0.25) is 0 Å². The van der Waals surface area contributed by atoms with Gasteiger partial charge in [0.05, 0.1) is 5.56 Å². The Kier molecular flexibility index (Phi) is 3.08. The molecule has 1 heterocycles. The Labute approximate surface area is 113 Å². The summed E-state index contributed by atoms with van der Waals surface area (Å²) in [6, 6.07) is 16.2. The van der Waals surface area contributed by atoms with E-state index in [-0.39, 0.29) is 12.1 Å². The average molecular weight is 252 g/mol. The Bertz CT molecular complexity index is 602. The van der Waals surface area contributed by atoms with Gasteiger partial charge < -0.3 is 4.74 Å². The third-order valence-corrected chi connectivity index (χ3v) is 3.51. The van der Waals surface area contributed by atoms with Crippen LogP contribution in [0.4, 0.5) is 0 Å². The molecule has 96 valence electrons. The summed E-state index contributed by atoms with van der Waals surface area (Å²) in [4.78, 5) is 12.0. The number of carbonyl (C=O) groups is 1. The fourth-order valence-corrected chi connectivity index (χ4v) is 2.55. The van der Waals surface area contributed by atoms with E-state index < -0.39 is 0 Å². The van der Waals surface area contributed by atoms with Crippen molar-refractivity contribution < 1.29 is 9.53 Å². The van der Waals surface area contributed by atoms with E-state index in [0.29, 0.717) is 0 Å². The van der Waals surface area contributed by atoms with Crippen LogP contribution in [0.25, 0.3) is 0 Å². The van der Waals surface area contributed by atoms with Crippen molar-refractivity contribution in [1.82, 2.24) is 0 Å². The van der Waals surface area contributed by atoms with Gasteiger partial charge >= 0.3 is 5.97 Å². The monoisotopic (exact) mass is 252 g/mol. The largest absolute Gasteiger partial charge is 0.458 e. The van der Waals surface area contributed by atoms with E-state index in [0.717, 1.165) is 29.5 Å². The maximum Gasteiger partial charge on any atom is 0.338 e. The lowest BCUT2D eigenvalue weighted by molar-refractivity contribution is 0.0259. The molecule has 2 heteroatoms. The molecule has 0 spiro atoms. The molecule has 19 heavy (non-hydrogen) atoms. The van der Waals surface area contributed by atoms with Crippen LogP contribution in [-0.2, 0) is 17.6 Å². The number of fused-ring (bicyclic) bond motifs is 1. The van der Waals surface area contributed by atoms with Crippen LogP contribution in [0.1, 0.15) is 27.0 Å². The van der Waals surface area contributed by atoms with Crippen LogP contribution in [0.5, 0.6) is 0 Å². The van der Waals surface area contributed by atoms with Crippen molar-refractivity contribution in [2.24, 2.45) is 0 Å². The van der Waals surface area contributed by atoms with E-state index >= 15 is 0 Å². The Hall–Kier alpha value is -2.09. The van der Waals surface area contributed by atoms with E-state index in [1.807, 2.05) is 37.3 Å². The first kappa shape index (κ1) is 12.0. The van der Waals surface area contributed by atoms with Crippen molar-refractivity contribution in [3.63, 3.8) is 0 Å². The summed E-state index contributed by atoms with van der Waals surface area (Å²) in [7, 11) is 0. The van der Waals surface area contributed by atoms with Gasteiger partial charge in [-0.05, 0) is 24.1 Å². The van der Waals surface area contributed by atoms with Crippen molar-refractivity contribution in [3.8, 4) is 0 Å². The Morgan fingerprint density at radius 3 is 2.74 bits per heavy atom. The van der Waals surface area contributed by atoms with Crippen molar-refractivity contribution in [1.29, 1.82) is 0 Å². The molecule has 1 unspecified atom stereocenters. The number of aryl methyl sites for hydroxylation is 1. The molecule has 1 aliphatic heterocycles. The minimum Gasteiger partial charge on any atom is -0.458 e. The van der Waals surface area contributed by atoms with Crippen molar-refractivity contribution in [2.75, 3.05) is 0 Å². The first-order chi connectivity index (χ1) is 9.22. The summed E-state index contributed by atoms with van der Waals surface area (Å²) < 4.78 is 5.53. The third kappa shape index (κ3) is 2.53. The molecule has 3 rings (SSSR count). The van der Waals surface area contributed by atoms with Crippen molar-refractivity contribution >= 4 is 5.97 Å². The molecule has 2 aromatic carbocycles. The molecular formula is C17H16O2. The molecule has 0 fully saturated rings. The minimum atomic E-state index is -0.189. The van der Waals surface area contributed by atoms with Crippen LogP contribution in [0.3, 0.4) is 0 Å². The average Bonchev–Trinajstić information content (AvgIpc) is 2.41. The van der Waals surface area contributed by atoms with Gasteiger partial charge in [-0.2, -0.15) is 0 Å². The maximum absolute atomic E-state index is 12.0. The van der Waals surface area contributed by atoms with E-state index in [9.17, 15) is 4.79 Å². The van der Waals surface area contributed by atoms with E-state index in [4.69, 9.17) is 4.74 Å². The summed E-state index contributed by atoms with van der Waals surface area (Å²) in [6.45, 7) is 1.99. The first-order valence-electron chi connectivity index (χ1n) is 6.57. The Morgan fingerprint density at radius 2 is 1.95 bits per heavy atom. The normalized spacial score (nSPS) is 17.7. The molecule has 0 saturated carbocycles. The summed E-state index contributed by atoms with van der Waals surface area (Å²) in [5.74, 6) is -0.189. The number of benzene rings is 2. The molecule has 0 aromatic heterocycles. The Morgan fingerprint density at radius 1 is 1.16 bits per heavy atom. The maximum atomic E-state index is 12.0. The van der Waals surface area contributed by atoms with E-state index in [2.05, 4.69) is 18.2 Å². The smallest absolute Gasteiger partial charge is 0.338 e. The predicted octanol–water partition coefficient (Wildman–Crippen LogP) is 3.32. The van der Waals surface area contributed by atoms with Crippen LogP contribution in [-0.4, -0.2) is 12.1 Å². The van der Waals surface area contributed by atoms with Crippen LogP contribution < -0.4 is 0 Å². The summed E-state index contributed by atoms with van der Waals surface area (Å²) in [5.41, 5.74) is 4.13. The molecule has 2 nitrogen and oxygen atoms in total. The number of cyclic esters (lactones) is 1. The van der Waals surface area contributed by atoms with E-state index in [1.165, 1.54) is 5.56 Å². The molecule has 0 amide bonds. The fraction of sp³-hybridized carbons (Fsp3) is 0.235. The zero-order valence-corrected chi connectivity index (χ0v) is 10.9. The number of hydrogen-bond acceptors (Lipinski definition) is 2. The quantitative estimate of drug-likeness (QED) is 0.766. The molecule has 0 radical (unpaired) electrons. The highest BCUT2D eigenvalue weighted by molar-refractivity contribution is 5.92. The summed E-state index contributed by atoms with van der Waals surface area (Å²) in [5, 5.41) is 0. The van der Waals surface area contributed by atoms with Crippen LogP contribution >= 0.6 is 0 Å². The highest BCUT2D eigenvalue weighted by Gasteiger charge is 2.26. The topological polar surface area (TPSA) is 26.3 Å². The lowest BCUT2D eigenvalue weighted by Gasteiger charge is -2.25. The third-order valence-electron chi connectivity index (χ3n) is 3.51. The lowest BCUT2D eigenvalue weighted by atomic mass is 9.94. The standard InChI is InChI=1S/C17H16O2/c1-12-7-8-14-11-15(19-17(18)16(14)9-12)10-13-5-3-2-4-6-13/h2-9,15H,10-11H2,1H3. The molecule has 1 aliphatic rings. The van der Waals surface area contributed by atoms with Gasteiger partial charge in [-0.15, -0.1) is 0 Å². The first-order valence-corrected chi connectivity index (χ1v) is 6.57. The van der Waals surface area contributed by atoms with Gasteiger partial charge in [0.2, 0.25) is 0 Å². The van der Waals surface area contributed by atoms with Gasteiger partial charge in [-0.25, -0.2) is 4.79 Å². The second kappa shape index (κ2) is 4.88. The van der Waals surface area contributed by atoms with E-state index in [1.54, 1.807) is 0 Å². The van der Waals surface area contributed by atoms with Crippen LogP contribution in [0.15, 0.2) is 48.5 Å². The molecule has 0 saturated heterocycles. The molecular weight excluding hydrogens is 236 g/mol. The number of carbonyl (C=O) groups excluding carboxylic acids is 1. The zero-order chi connectivity index (χ0) is 13.2. The fourth-order valence-electron chi connectivity index (χ4n) is 2.55. The molecule has 0 bridgehead atoms. The lowest BCUT2D eigenvalue weighted by Crippen LogP contribution is -2.29. The molecule has 1 atom stereocenters. The van der Waals surface area contributed by atoms with Gasteiger partial charge in [0.25, 0.3) is 0 Å². The van der Waals surface area contributed by atoms with Gasteiger partial charge in [0, 0.05) is 12.8 Å². The molecule has 2 aromatic rings. The van der Waals surface area contributed by atoms with Crippen LogP contribution in [0, 0.1) is 6.92 Å². The van der Waals surface area contributed by atoms with Crippen molar-refractivity contribution in [3.05, 3.63) is 70.8 Å². The minimum absolute atomic E-state index is 0.0508. The molecule has 0 aliphatic carbocycles. The number of rotatable bonds is 2. The van der Waals surface area contributed by atoms with Gasteiger partial charge in [0.15, 0.2) is 0 Å². The van der Waals surface area contributed by atoms with Gasteiger partial charge in [0.1, 0.15) is 6.10 Å². The SMILES string of the molecule is Cc1ccc2c(c1)C(=O)OC(Cc1ccccc1)C2. The van der Waals surface area contributed by atoms with Crippen molar-refractivity contribution in [2.45, 2.75) is 25.9 Å². The molecule has 0 N–H and O–H groups in total. The number of esters is 1. The highest BCUT2D eigenvalue weighted by atomic mass is 16.5. The number of hydrogen-bond donors (Lipinski definition) is 0. The second-order valence-electron chi connectivity index (χ2n) is 5.08. The number of ether oxygens (including phenoxy) is 1. The van der Waals surface area contributed by atoms with Crippen LogP contribution in [0.2, 0.25) is 0 Å². The second-order valence-corrected chi connectivity index (χ2v) is 5.08.